The summed E-state index contributed by atoms with van der Waals surface area (Å²) in [6.45, 7) is 2.34. The molecule has 0 spiro atoms. The van der Waals surface area contributed by atoms with Crippen LogP contribution in [0.5, 0.6) is 0 Å². The summed E-state index contributed by atoms with van der Waals surface area (Å²) in [5.74, 6) is 0. The molecule has 108 valence electrons. The van der Waals surface area contributed by atoms with Crippen molar-refractivity contribution in [2.75, 3.05) is 6.61 Å². The Hall–Kier alpha value is -1.68. The second-order valence-electron chi connectivity index (χ2n) is 5.11. The molecule has 1 aromatic carbocycles. The lowest BCUT2D eigenvalue weighted by Crippen LogP contribution is -1.95. The van der Waals surface area contributed by atoms with E-state index in [0.717, 1.165) is 17.8 Å². The summed E-state index contributed by atoms with van der Waals surface area (Å²) in [4.78, 5) is 0. The summed E-state index contributed by atoms with van der Waals surface area (Å²) in [7, 11) is 0. The Morgan fingerprint density at radius 1 is 1.05 bits per heavy atom. The Labute approximate surface area is 120 Å². The topological polar surface area (TPSA) is 50.9 Å². The maximum absolute atomic E-state index is 8.88. The summed E-state index contributed by atoms with van der Waals surface area (Å²) in [6.07, 6.45) is 8.74. The predicted molar refractivity (Wildman–Crippen MR) is 80.0 cm³/mol. The largest absolute Gasteiger partial charge is 0.396 e. The van der Waals surface area contributed by atoms with Crippen molar-refractivity contribution in [2.24, 2.45) is 0 Å². The number of unbranched alkanes of at least 4 members (excludes halogenated alkanes) is 3. The Morgan fingerprint density at radius 3 is 2.55 bits per heavy atom. The second kappa shape index (κ2) is 7.80. The molecule has 1 N–H and O–H groups in total. The average Bonchev–Trinajstić information content (AvgIpc) is 2.93. The van der Waals surface area contributed by atoms with Gasteiger partial charge in [0.1, 0.15) is 0 Å². The Kier molecular flexibility index (Phi) is 5.74. The van der Waals surface area contributed by atoms with Gasteiger partial charge in [0.25, 0.3) is 0 Å². The summed E-state index contributed by atoms with van der Waals surface area (Å²) >= 11 is 0. The van der Waals surface area contributed by atoms with Crippen molar-refractivity contribution in [3.63, 3.8) is 0 Å². The van der Waals surface area contributed by atoms with E-state index in [1.165, 1.54) is 31.2 Å². The van der Waals surface area contributed by atoms with Gasteiger partial charge in [-0.15, -0.1) is 5.10 Å². The van der Waals surface area contributed by atoms with Crippen LogP contribution < -0.4 is 0 Å². The first-order chi connectivity index (χ1) is 9.83. The quantitative estimate of drug-likeness (QED) is 0.752. The number of rotatable bonds is 8. The number of aliphatic hydroxyl groups is 1. The van der Waals surface area contributed by atoms with Crippen molar-refractivity contribution >= 4 is 0 Å². The molecule has 1 heterocycles. The van der Waals surface area contributed by atoms with Gasteiger partial charge >= 0.3 is 0 Å². The van der Waals surface area contributed by atoms with Crippen LogP contribution in [0.2, 0.25) is 0 Å². The van der Waals surface area contributed by atoms with Gasteiger partial charge in [0.15, 0.2) is 0 Å². The van der Waals surface area contributed by atoms with Crippen molar-refractivity contribution in [3.8, 4) is 5.69 Å². The van der Waals surface area contributed by atoms with Crippen molar-refractivity contribution < 1.29 is 5.11 Å². The van der Waals surface area contributed by atoms with Gasteiger partial charge in [-0.3, -0.25) is 0 Å². The van der Waals surface area contributed by atoms with Crippen molar-refractivity contribution in [3.05, 3.63) is 41.7 Å². The number of aromatic nitrogens is 3. The fraction of sp³-hybridized carbons (Fsp3) is 0.500. The van der Waals surface area contributed by atoms with Gasteiger partial charge in [-0.1, -0.05) is 43.5 Å². The first-order valence-corrected chi connectivity index (χ1v) is 7.45. The summed E-state index contributed by atoms with van der Waals surface area (Å²) in [6, 6.07) is 8.47. The van der Waals surface area contributed by atoms with E-state index in [0.29, 0.717) is 6.42 Å². The Morgan fingerprint density at radius 2 is 1.85 bits per heavy atom. The molecule has 0 saturated heterocycles. The molecule has 0 amide bonds. The highest BCUT2D eigenvalue weighted by Gasteiger charge is 2.02. The molecule has 0 unspecified atom stereocenters. The Bertz CT molecular complexity index is 505. The normalized spacial score (nSPS) is 10.9. The van der Waals surface area contributed by atoms with Crippen LogP contribution in [0.4, 0.5) is 0 Å². The molecule has 2 aromatic rings. The minimum atomic E-state index is 0.107. The number of benzene rings is 1. The van der Waals surface area contributed by atoms with E-state index < -0.39 is 0 Å². The minimum absolute atomic E-state index is 0.107. The monoisotopic (exact) mass is 273 g/mol. The fourth-order valence-corrected chi connectivity index (χ4v) is 2.22. The number of aryl methyl sites for hydroxylation is 1. The number of nitrogens with zero attached hydrogens (tertiary/aromatic N) is 3. The maximum atomic E-state index is 8.88. The predicted octanol–water partition coefficient (Wildman–Crippen LogP) is 2.92. The molecule has 0 aliphatic carbocycles. The zero-order chi connectivity index (χ0) is 14.2. The molecule has 0 aliphatic rings. The molecule has 0 fully saturated rings. The van der Waals surface area contributed by atoms with Crippen molar-refractivity contribution in [2.45, 2.75) is 45.4 Å². The van der Waals surface area contributed by atoms with Crippen LogP contribution >= 0.6 is 0 Å². The van der Waals surface area contributed by atoms with Crippen LogP contribution in [0, 0.1) is 0 Å². The van der Waals surface area contributed by atoms with Gasteiger partial charge in [0, 0.05) is 13.0 Å². The maximum Gasteiger partial charge on any atom is 0.0854 e. The molecule has 20 heavy (non-hydrogen) atoms. The third kappa shape index (κ3) is 4.17. The van der Waals surface area contributed by atoms with Gasteiger partial charge in [0.05, 0.1) is 17.6 Å². The zero-order valence-corrected chi connectivity index (χ0v) is 12.1. The highest BCUT2D eigenvalue weighted by atomic mass is 16.3. The average molecular weight is 273 g/mol. The van der Waals surface area contributed by atoms with E-state index in [1.807, 2.05) is 6.20 Å². The molecule has 2 rings (SSSR count). The van der Waals surface area contributed by atoms with Crippen molar-refractivity contribution in [1.82, 2.24) is 15.0 Å². The van der Waals surface area contributed by atoms with Crippen LogP contribution in [-0.4, -0.2) is 26.7 Å². The van der Waals surface area contributed by atoms with E-state index in [1.54, 1.807) is 4.68 Å². The SMILES string of the molecule is CCCCCCc1ccc(-n2cc(CCO)nn2)cc1. The first kappa shape index (κ1) is 14.7. The highest BCUT2D eigenvalue weighted by Crippen LogP contribution is 2.12. The number of aliphatic hydroxyl groups excluding tert-OH is 1. The van der Waals surface area contributed by atoms with Gasteiger partial charge < -0.3 is 5.11 Å². The van der Waals surface area contributed by atoms with E-state index in [4.69, 9.17) is 5.11 Å². The molecule has 1 aromatic heterocycles. The first-order valence-electron chi connectivity index (χ1n) is 7.45. The zero-order valence-electron chi connectivity index (χ0n) is 12.1. The van der Waals surface area contributed by atoms with E-state index in [2.05, 4.69) is 41.5 Å². The van der Waals surface area contributed by atoms with E-state index in [-0.39, 0.29) is 6.61 Å². The minimum Gasteiger partial charge on any atom is -0.396 e. The van der Waals surface area contributed by atoms with Gasteiger partial charge in [0.2, 0.25) is 0 Å². The van der Waals surface area contributed by atoms with Crippen LogP contribution in [-0.2, 0) is 12.8 Å². The van der Waals surface area contributed by atoms with Crippen LogP contribution in [0.15, 0.2) is 30.5 Å². The van der Waals surface area contributed by atoms with Gasteiger partial charge in [-0.2, -0.15) is 0 Å². The van der Waals surface area contributed by atoms with Crippen molar-refractivity contribution in [1.29, 1.82) is 0 Å². The van der Waals surface area contributed by atoms with E-state index in [9.17, 15) is 0 Å². The third-order valence-electron chi connectivity index (χ3n) is 3.43. The summed E-state index contributed by atoms with van der Waals surface area (Å²) in [5.41, 5.74) is 3.20. The molecule has 0 saturated carbocycles. The molecule has 0 atom stereocenters. The molecule has 0 aliphatic heterocycles. The van der Waals surface area contributed by atoms with Gasteiger partial charge in [-0.25, -0.2) is 4.68 Å². The molecular weight excluding hydrogens is 250 g/mol. The smallest absolute Gasteiger partial charge is 0.0854 e. The Balaban J connectivity index is 1.93. The lowest BCUT2D eigenvalue weighted by atomic mass is 10.1. The second-order valence-corrected chi connectivity index (χ2v) is 5.11. The lowest BCUT2D eigenvalue weighted by molar-refractivity contribution is 0.298. The molecule has 4 nitrogen and oxygen atoms in total. The van der Waals surface area contributed by atoms with Crippen LogP contribution in [0.1, 0.15) is 43.9 Å². The molecule has 0 radical (unpaired) electrons. The highest BCUT2D eigenvalue weighted by molar-refractivity contribution is 5.33. The summed E-state index contributed by atoms with van der Waals surface area (Å²) < 4.78 is 1.76. The molecular formula is C16H23N3O. The third-order valence-corrected chi connectivity index (χ3v) is 3.43. The van der Waals surface area contributed by atoms with E-state index >= 15 is 0 Å². The lowest BCUT2D eigenvalue weighted by Gasteiger charge is -2.04. The van der Waals surface area contributed by atoms with Gasteiger partial charge in [-0.05, 0) is 30.5 Å². The number of hydrogen-bond acceptors (Lipinski definition) is 3. The molecule has 4 heteroatoms. The van der Waals surface area contributed by atoms with Crippen LogP contribution in [0.3, 0.4) is 0 Å². The standard InChI is InChI=1S/C16H23N3O/c1-2-3-4-5-6-14-7-9-16(10-8-14)19-13-15(11-12-20)17-18-19/h7-10,13,20H,2-6,11-12H2,1H3. The fourth-order valence-electron chi connectivity index (χ4n) is 2.22. The molecule has 0 bridgehead atoms. The number of hydrogen-bond donors (Lipinski definition) is 1. The summed E-state index contributed by atoms with van der Waals surface area (Å²) in [5, 5.41) is 17.0. The van der Waals surface area contributed by atoms with Crippen LogP contribution in [0.25, 0.3) is 5.69 Å².